The lowest BCUT2D eigenvalue weighted by Crippen LogP contribution is -2.30. The van der Waals surface area contributed by atoms with Gasteiger partial charge in [-0.3, -0.25) is 5.84 Å². The Morgan fingerprint density at radius 1 is 1.22 bits per heavy atom. The van der Waals surface area contributed by atoms with Gasteiger partial charge in [0.2, 0.25) is 0 Å². The number of nitrogens with one attached hydrogen (secondary N) is 1. The molecule has 1 aromatic heterocycles. The maximum absolute atomic E-state index is 13.2. The van der Waals surface area contributed by atoms with Crippen LogP contribution in [0.2, 0.25) is 0 Å². The van der Waals surface area contributed by atoms with Crippen LogP contribution in [-0.2, 0) is 0 Å². The predicted molar refractivity (Wildman–Crippen MR) is 67.1 cm³/mol. The van der Waals surface area contributed by atoms with E-state index in [2.05, 4.69) is 15.4 Å². The highest BCUT2D eigenvalue weighted by Crippen LogP contribution is 2.20. The highest BCUT2D eigenvalue weighted by atomic mass is 19.1. The van der Waals surface area contributed by atoms with Crippen LogP contribution >= 0.6 is 0 Å². The Kier molecular flexibility index (Phi) is 3.64. The summed E-state index contributed by atoms with van der Waals surface area (Å²) in [4.78, 5) is 8.46. The molecule has 5 heteroatoms. The van der Waals surface area contributed by atoms with Crippen molar-refractivity contribution in [3.05, 3.63) is 58.9 Å². The number of hydrogen-bond donors (Lipinski definition) is 2. The molecule has 1 unspecified atom stereocenters. The van der Waals surface area contributed by atoms with E-state index >= 15 is 0 Å². The molecule has 1 aromatic carbocycles. The number of nitrogens with zero attached hydrogens (tertiary/aromatic N) is 2. The van der Waals surface area contributed by atoms with Gasteiger partial charge >= 0.3 is 0 Å². The largest absolute Gasteiger partial charge is 0.270 e. The van der Waals surface area contributed by atoms with Gasteiger partial charge in [-0.1, -0.05) is 12.1 Å². The highest BCUT2D eigenvalue weighted by Gasteiger charge is 2.16. The van der Waals surface area contributed by atoms with Crippen molar-refractivity contribution in [1.82, 2.24) is 15.4 Å². The second kappa shape index (κ2) is 5.20. The zero-order valence-corrected chi connectivity index (χ0v) is 10.3. The van der Waals surface area contributed by atoms with Crippen molar-refractivity contribution in [3.63, 3.8) is 0 Å². The second-order valence-corrected chi connectivity index (χ2v) is 4.23. The van der Waals surface area contributed by atoms with Gasteiger partial charge < -0.3 is 0 Å². The van der Waals surface area contributed by atoms with Crippen molar-refractivity contribution >= 4 is 0 Å². The first kappa shape index (κ1) is 12.6. The molecule has 0 aliphatic rings. The van der Waals surface area contributed by atoms with E-state index in [0.717, 1.165) is 11.1 Å². The van der Waals surface area contributed by atoms with Crippen LogP contribution in [-0.4, -0.2) is 9.97 Å². The normalized spacial score (nSPS) is 12.4. The molecule has 0 saturated heterocycles. The lowest BCUT2D eigenvalue weighted by Gasteiger charge is -2.15. The van der Waals surface area contributed by atoms with Gasteiger partial charge in [-0.15, -0.1) is 0 Å². The van der Waals surface area contributed by atoms with E-state index in [-0.39, 0.29) is 11.9 Å². The van der Waals surface area contributed by atoms with Crippen LogP contribution in [0.3, 0.4) is 0 Å². The minimum Gasteiger partial charge on any atom is -0.270 e. The fourth-order valence-electron chi connectivity index (χ4n) is 1.72. The molecule has 2 aromatic rings. The Morgan fingerprint density at radius 3 is 2.44 bits per heavy atom. The molecule has 2 rings (SSSR count). The number of rotatable bonds is 3. The van der Waals surface area contributed by atoms with Crippen molar-refractivity contribution in [3.8, 4) is 0 Å². The Labute approximate surface area is 105 Å². The van der Waals surface area contributed by atoms with Crippen LogP contribution in [0.1, 0.15) is 28.6 Å². The predicted octanol–water partition coefficient (Wildman–Crippen LogP) is 1.79. The van der Waals surface area contributed by atoms with Gasteiger partial charge in [-0.05, 0) is 36.6 Å². The van der Waals surface area contributed by atoms with E-state index < -0.39 is 0 Å². The van der Waals surface area contributed by atoms with E-state index in [1.165, 1.54) is 6.07 Å². The molecule has 3 N–H and O–H groups in total. The summed E-state index contributed by atoms with van der Waals surface area (Å²) in [6.07, 6.45) is 3.45. The molecule has 0 bridgehead atoms. The maximum Gasteiger partial charge on any atom is 0.150 e. The van der Waals surface area contributed by atoms with Crippen molar-refractivity contribution in [2.75, 3.05) is 0 Å². The van der Waals surface area contributed by atoms with E-state index in [0.29, 0.717) is 11.4 Å². The average Bonchev–Trinajstić information content (AvgIpc) is 2.37. The Morgan fingerprint density at radius 2 is 1.89 bits per heavy atom. The maximum atomic E-state index is 13.2. The lowest BCUT2D eigenvalue weighted by molar-refractivity contribution is 0.590. The minimum absolute atomic E-state index is 0.237. The molecule has 0 amide bonds. The van der Waals surface area contributed by atoms with Gasteiger partial charge in [0.25, 0.3) is 0 Å². The van der Waals surface area contributed by atoms with Gasteiger partial charge in [0, 0.05) is 12.4 Å². The monoisotopic (exact) mass is 246 g/mol. The molecule has 4 nitrogen and oxygen atoms in total. The third-order valence-corrected chi connectivity index (χ3v) is 2.74. The van der Waals surface area contributed by atoms with Crippen molar-refractivity contribution in [1.29, 1.82) is 0 Å². The topological polar surface area (TPSA) is 63.8 Å². The Hall–Kier alpha value is -1.85. The summed E-state index contributed by atoms with van der Waals surface area (Å²) in [5, 5.41) is 0. The molecule has 0 fully saturated rings. The van der Waals surface area contributed by atoms with Gasteiger partial charge in [0.1, 0.15) is 11.9 Å². The van der Waals surface area contributed by atoms with Crippen LogP contribution in [0.4, 0.5) is 4.39 Å². The first-order valence-electron chi connectivity index (χ1n) is 5.62. The molecule has 0 spiro atoms. The molecule has 0 saturated carbocycles. The number of hydrazine groups is 1. The third kappa shape index (κ3) is 2.52. The molecule has 0 radical (unpaired) electrons. The number of benzene rings is 1. The molecule has 1 atom stereocenters. The standard InChI is InChI=1S/C13H15FN4/c1-8-6-16-13(17-7-8)12(18-15)10-3-4-11(14)9(2)5-10/h3-7,12,18H,15H2,1-2H3. The molecule has 0 aliphatic heterocycles. The Balaban J connectivity index is 2.38. The smallest absolute Gasteiger partial charge is 0.150 e. The fourth-order valence-corrected chi connectivity index (χ4v) is 1.72. The van der Waals surface area contributed by atoms with Crippen LogP contribution in [0, 0.1) is 19.7 Å². The summed E-state index contributed by atoms with van der Waals surface area (Å²) in [5.74, 6) is 5.87. The van der Waals surface area contributed by atoms with Crippen LogP contribution in [0.5, 0.6) is 0 Å². The summed E-state index contributed by atoms with van der Waals surface area (Å²) < 4.78 is 13.2. The first-order valence-corrected chi connectivity index (χ1v) is 5.62. The summed E-state index contributed by atoms with van der Waals surface area (Å²) in [6, 6.07) is 4.49. The van der Waals surface area contributed by atoms with Crippen LogP contribution in [0.15, 0.2) is 30.6 Å². The van der Waals surface area contributed by atoms with Gasteiger partial charge in [0.15, 0.2) is 5.82 Å². The third-order valence-electron chi connectivity index (χ3n) is 2.74. The molecular formula is C13H15FN4. The summed E-state index contributed by atoms with van der Waals surface area (Å²) in [5.41, 5.74) is 5.03. The van der Waals surface area contributed by atoms with Gasteiger partial charge in [0.05, 0.1) is 0 Å². The van der Waals surface area contributed by atoms with E-state index in [9.17, 15) is 4.39 Å². The number of aromatic nitrogens is 2. The SMILES string of the molecule is Cc1cnc(C(NN)c2ccc(F)c(C)c2)nc1. The Bertz CT molecular complexity index is 539. The first-order chi connectivity index (χ1) is 8.61. The summed E-state index contributed by atoms with van der Waals surface area (Å²) in [6.45, 7) is 3.62. The number of halogens is 1. The number of hydrogen-bond acceptors (Lipinski definition) is 4. The molecule has 94 valence electrons. The van der Waals surface area contributed by atoms with Crippen molar-refractivity contribution < 1.29 is 4.39 Å². The lowest BCUT2D eigenvalue weighted by atomic mass is 10.0. The number of aryl methyl sites for hydroxylation is 2. The quantitative estimate of drug-likeness (QED) is 0.640. The van der Waals surface area contributed by atoms with Crippen molar-refractivity contribution in [2.24, 2.45) is 5.84 Å². The molecular weight excluding hydrogens is 231 g/mol. The zero-order chi connectivity index (χ0) is 13.1. The highest BCUT2D eigenvalue weighted by molar-refractivity contribution is 5.30. The van der Waals surface area contributed by atoms with E-state index in [1.54, 1.807) is 31.5 Å². The second-order valence-electron chi connectivity index (χ2n) is 4.23. The summed E-state index contributed by atoms with van der Waals surface area (Å²) in [7, 11) is 0. The van der Waals surface area contributed by atoms with Crippen LogP contribution < -0.4 is 11.3 Å². The molecule has 1 heterocycles. The van der Waals surface area contributed by atoms with Gasteiger partial charge in [-0.25, -0.2) is 19.8 Å². The van der Waals surface area contributed by atoms with Gasteiger partial charge in [-0.2, -0.15) is 0 Å². The van der Waals surface area contributed by atoms with E-state index in [1.807, 2.05) is 6.92 Å². The minimum atomic E-state index is -0.343. The molecule has 0 aliphatic carbocycles. The average molecular weight is 246 g/mol. The van der Waals surface area contributed by atoms with Crippen molar-refractivity contribution in [2.45, 2.75) is 19.9 Å². The fraction of sp³-hybridized carbons (Fsp3) is 0.231. The zero-order valence-electron chi connectivity index (χ0n) is 10.3. The van der Waals surface area contributed by atoms with E-state index in [4.69, 9.17) is 5.84 Å². The summed E-state index contributed by atoms with van der Waals surface area (Å²) >= 11 is 0. The number of nitrogens with two attached hydrogens (primary N) is 1. The van der Waals surface area contributed by atoms with Crippen LogP contribution in [0.25, 0.3) is 0 Å². The molecule has 18 heavy (non-hydrogen) atoms.